The van der Waals surface area contributed by atoms with Crippen LogP contribution in [0.25, 0.3) is 0 Å². The molecule has 2 rings (SSSR count). The van der Waals surface area contributed by atoms with Gasteiger partial charge in [0.15, 0.2) is 0 Å². The number of aryl methyl sites for hydroxylation is 2. The molecular formula is C20H24FNO2S. The Labute approximate surface area is 152 Å². The molecular weight excluding hydrogens is 337 g/mol. The Hall–Kier alpha value is -1.85. The maximum absolute atomic E-state index is 13.7. The Morgan fingerprint density at radius 1 is 1.12 bits per heavy atom. The number of halogens is 1. The van der Waals surface area contributed by atoms with Crippen molar-refractivity contribution in [2.24, 2.45) is 5.73 Å². The summed E-state index contributed by atoms with van der Waals surface area (Å²) in [4.78, 5) is 11.0. The molecule has 25 heavy (non-hydrogen) atoms. The topological polar surface area (TPSA) is 63.3 Å². The van der Waals surface area contributed by atoms with E-state index in [1.165, 1.54) is 35.0 Å². The van der Waals surface area contributed by atoms with Gasteiger partial charge in [0, 0.05) is 5.75 Å². The van der Waals surface area contributed by atoms with Gasteiger partial charge in [-0.2, -0.15) is 0 Å². The molecule has 0 bridgehead atoms. The van der Waals surface area contributed by atoms with E-state index in [1.54, 1.807) is 6.07 Å². The van der Waals surface area contributed by atoms with Crippen molar-refractivity contribution in [3.8, 4) is 0 Å². The lowest BCUT2D eigenvalue weighted by Gasteiger charge is -2.20. The van der Waals surface area contributed by atoms with Crippen molar-refractivity contribution in [2.75, 3.05) is 5.75 Å². The molecule has 0 aliphatic carbocycles. The summed E-state index contributed by atoms with van der Waals surface area (Å²) in [5.74, 6) is -1.07. The summed E-state index contributed by atoms with van der Waals surface area (Å²) in [5, 5.41) is 8.88. The van der Waals surface area contributed by atoms with Crippen molar-refractivity contribution >= 4 is 17.7 Å². The Kier molecular flexibility index (Phi) is 7.02. The van der Waals surface area contributed by atoms with E-state index in [1.807, 2.05) is 12.1 Å². The van der Waals surface area contributed by atoms with Crippen molar-refractivity contribution in [2.45, 2.75) is 38.0 Å². The minimum Gasteiger partial charge on any atom is -0.480 e. The second-order valence-corrected chi connectivity index (χ2v) is 7.09. The fraction of sp³-hybridized carbons (Fsp3) is 0.350. The van der Waals surface area contributed by atoms with Crippen molar-refractivity contribution in [1.82, 2.24) is 0 Å². The van der Waals surface area contributed by atoms with E-state index in [4.69, 9.17) is 10.8 Å². The highest BCUT2D eigenvalue weighted by molar-refractivity contribution is 7.99. The lowest BCUT2D eigenvalue weighted by molar-refractivity contribution is -0.137. The molecule has 0 heterocycles. The van der Waals surface area contributed by atoms with Gasteiger partial charge in [-0.05, 0) is 47.2 Å². The van der Waals surface area contributed by atoms with Crippen LogP contribution in [0.3, 0.4) is 0 Å². The standard InChI is InChI=1S/C20H24FNO2S/c1-3-13-8-9-16(10-14(13)4-2)19(25-12-18(22)20(23)24)15-6-5-7-17(21)11-15/h5-11,18-19H,3-4,12,22H2,1-2H3,(H,23,24)/t18-,19?/m0/s1. The third kappa shape index (κ3) is 5.06. The Morgan fingerprint density at radius 2 is 1.80 bits per heavy atom. The number of thioether (sulfide) groups is 1. The predicted molar refractivity (Wildman–Crippen MR) is 102 cm³/mol. The zero-order valence-corrected chi connectivity index (χ0v) is 15.4. The van der Waals surface area contributed by atoms with Gasteiger partial charge >= 0.3 is 5.97 Å². The number of nitrogens with two attached hydrogens (primary N) is 1. The van der Waals surface area contributed by atoms with Crippen LogP contribution in [0.1, 0.15) is 41.4 Å². The van der Waals surface area contributed by atoms with Crippen molar-refractivity contribution in [3.63, 3.8) is 0 Å². The third-order valence-corrected chi connectivity index (χ3v) is 5.64. The molecule has 2 atom stereocenters. The van der Waals surface area contributed by atoms with Gasteiger partial charge in [0.2, 0.25) is 0 Å². The highest BCUT2D eigenvalue weighted by Gasteiger charge is 2.20. The van der Waals surface area contributed by atoms with Gasteiger partial charge in [0.05, 0.1) is 5.25 Å². The number of hydrogen-bond donors (Lipinski definition) is 2. The number of rotatable bonds is 8. The van der Waals surface area contributed by atoms with Crippen molar-refractivity contribution in [1.29, 1.82) is 0 Å². The molecule has 1 unspecified atom stereocenters. The van der Waals surface area contributed by atoms with Gasteiger partial charge in [-0.1, -0.05) is 44.2 Å². The van der Waals surface area contributed by atoms with Crippen LogP contribution >= 0.6 is 11.8 Å². The molecule has 0 aliphatic rings. The molecule has 2 aromatic carbocycles. The zero-order valence-electron chi connectivity index (χ0n) is 14.5. The number of carbonyl (C=O) groups is 1. The van der Waals surface area contributed by atoms with Gasteiger partial charge < -0.3 is 10.8 Å². The molecule has 0 fully saturated rings. The first-order chi connectivity index (χ1) is 12.0. The molecule has 3 N–H and O–H groups in total. The SMILES string of the molecule is CCc1ccc(C(SC[C@H](N)C(=O)O)c2cccc(F)c2)cc1CC. The summed E-state index contributed by atoms with van der Waals surface area (Å²) < 4.78 is 13.7. The van der Waals surface area contributed by atoms with Crippen molar-refractivity contribution in [3.05, 3.63) is 70.5 Å². The van der Waals surface area contributed by atoms with Crippen LogP contribution in [0, 0.1) is 5.82 Å². The zero-order chi connectivity index (χ0) is 18.4. The maximum Gasteiger partial charge on any atom is 0.321 e. The number of carboxylic acids is 1. The molecule has 0 saturated heterocycles. The van der Waals surface area contributed by atoms with Gasteiger partial charge in [-0.3, -0.25) is 4.79 Å². The van der Waals surface area contributed by atoms with Gasteiger partial charge in [0.1, 0.15) is 11.9 Å². The van der Waals surface area contributed by atoms with Gasteiger partial charge in [-0.15, -0.1) is 11.8 Å². The molecule has 0 aliphatic heterocycles. The lowest BCUT2D eigenvalue weighted by atomic mass is 9.96. The fourth-order valence-corrected chi connectivity index (χ4v) is 4.03. The van der Waals surface area contributed by atoms with E-state index in [0.717, 1.165) is 24.0 Å². The Balaban J connectivity index is 2.38. The largest absolute Gasteiger partial charge is 0.480 e. The maximum atomic E-state index is 13.7. The van der Waals surface area contributed by atoms with E-state index in [2.05, 4.69) is 26.0 Å². The predicted octanol–water partition coefficient (Wildman–Crippen LogP) is 4.19. The summed E-state index contributed by atoms with van der Waals surface area (Å²) in [6, 6.07) is 11.8. The summed E-state index contributed by atoms with van der Waals surface area (Å²) >= 11 is 1.43. The number of aliphatic carboxylic acids is 1. The van der Waals surface area contributed by atoms with Crippen LogP contribution in [0.5, 0.6) is 0 Å². The van der Waals surface area contributed by atoms with E-state index in [0.29, 0.717) is 0 Å². The molecule has 0 spiro atoms. The smallest absolute Gasteiger partial charge is 0.321 e. The summed E-state index contributed by atoms with van der Waals surface area (Å²) in [5.41, 5.74) is 10.1. The van der Waals surface area contributed by atoms with E-state index in [9.17, 15) is 9.18 Å². The molecule has 5 heteroatoms. The van der Waals surface area contributed by atoms with Crippen LogP contribution < -0.4 is 5.73 Å². The molecule has 0 amide bonds. The molecule has 0 radical (unpaired) electrons. The average Bonchev–Trinajstić information content (AvgIpc) is 2.61. The molecule has 3 nitrogen and oxygen atoms in total. The molecule has 0 saturated carbocycles. The Bertz CT molecular complexity index is 735. The van der Waals surface area contributed by atoms with Crippen molar-refractivity contribution < 1.29 is 14.3 Å². The normalized spacial score (nSPS) is 13.4. The second kappa shape index (κ2) is 9.02. The number of carboxylic acid groups (broad SMARTS) is 1. The van der Waals surface area contributed by atoms with E-state index < -0.39 is 12.0 Å². The first-order valence-electron chi connectivity index (χ1n) is 8.43. The monoisotopic (exact) mass is 361 g/mol. The summed E-state index contributed by atoms with van der Waals surface area (Å²) in [7, 11) is 0. The van der Waals surface area contributed by atoms with Crippen LogP contribution in [-0.2, 0) is 17.6 Å². The third-order valence-electron chi connectivity index (χ3n) is 4.21. The Morgan fingerprint density at radius 3 is 2.40 bits per heavy atom. The van der Waals surface area contributed by atoms with E-state index >= 15 is 0 Å². The second-order valence-electron chi connectivity index (χ2n) is 5.95. The minimum atomic E-state index is -1.03. The highest BCUT2D eigenvalue weighted by Crippen LogP contribution is 2.37. The lowest BCUT2D eigenvalue weighted by Crippen LogP contribution is -2.32. The first kappa shape index (κ1) is 19.5. The van der Waals surface area contributed by atoms with Crippen LogP contribution in [0.15, 0.2) is 42.5 Å². The van der Waals surface area contributed by atoms with Gasteiger partial charge in [-0.25, -0.2) is 4.39 Å². The van der Waals surface area contributed by atoms with Crippen LogP contribution in [0.2, 0.25) is 0 Å². The number of benzene rings is 2. The quantitative estimate of drug-likeness (QED) is 0.740. The fourth-order valence-electron chi connectivity index (χ4n) is 2.81. The summed E-state index contributed by atoms with van der Waals surface area (Å²) in [6.45, 7) is 4.24. The number of hydrogen-bond acceptors (Lipinski definition) is 3. The minimum absolute atomic E-state index is 0.155. The molecule has 2 aromatic rings. The first-order valence-corrected chi connectivity index (χ1v) is 9.48. The van der Waals surface area contributed by atoms with Crippen LogP contribution in [0.4, 0.5) is 4.39 Å². The molecule has 0 aromatic heterocycles. The van der Waals surface area contributed by atoms with Crippen LogP contribution in [-0.4, -0.2) is 22.9 Å². The summed E-state index contributed by atoms with van der Waals surface area (Å²) in [6.07, 6.45) is 1.89. The highest BCUT2D eigenvalue weighted by atomic mass is 32.2. The molecule has 134 valence electrons. The average molecular weight is 361 g/mol. The van der Waals surface area contributed by atoms with Gasteiger partial charge in [0.25, 0.3) is 0 Å². The van der Waals surface area contributed by atoms with E-state index in [-0.39, 0.29) is 16.8 Å².